The van der Waals surface area contributed by atoms with Gasteiger partial charge < -0.3 is 19.5 Å². The number of benzene rings is 1. The fourth-order valence-electron chi connectivity index (χ4n) is 1.93. The summed E-state index contributed by atoms with van der Waals surface area (Å²) in [5, 5.41) is 2.82. The number of rotatable bonds is 9. The molecule has 1 aromatic rings. The van der Waals surface area contributed by atoms with E-state index in [4.69, 9.17) is 14.2 Å². The van der Waals surface area contributed by atoms with Crippen LogP contribution < -0.4 is 14.8 Å². The van der Waals surface area contributed by atoms with Crippen molar-refractivity contribution in [2.45, 2.75) is 26.8 Å². The molecular formula is C17H25NO4. The van der Waals surface area contributed by atoms with Crippen LogP contribution >= 0.6 is 0 Å². The summed E-state index contributed by atoms with van der Waals surface area (Å²) in [5.74, 6) is 1.23. The van der Waals surface area contributed by atoms with Crippen LogP contribution in [0.3, 0.4) is 0 Å². The van der Waals surface area contributed by atoms with Gasteiger partial charge in [0.25, 0.3) is 0 Å². The number of ether oxygens (including phenoxy) is 3. The van der Waals surface area contributed by atoms with Crippen LogP contribution in [0.5, 0.6) is 11.5 Å². The predicted molar refractivity (Wildman–Crippen MR) is 87.3 cm³/mol. The highest BCUT2D eigenvalue weighted by molar-refractivity contribution is 5.92. The Morgan fingerprint density at radius 3 is 2.55 bits per heavy atom. The third kappa shape index (κ3) is 6.18. The van der Waals surface area contributed by atoms with Gasteiger partial charge in [-0.25, -0.2) is 0 Å². The fraction of sp³-hybridized carbons (Fsp3) is 0.471. The van der Waals surface area contributed by atoms with Gasteiger partial charge in [-0.2, -0.15) is 0 Å². The summed E-state index contributed by atoms with van der Waals surface area (Å²) in [7, 11) is 1.60. The smallest absolute Gasteiger partial charge is 0.244 e. The van der Waals surface area contributed by atoms with Gasteiger partial charge in [0.05, 0.1) is 19.8 Å². The standard InChI is InChI=1S/C17H25NO4/c1-5-21-15-9-7-14(11-16(15)22-6-2)8-10-17(19)18-13(3)12-20-4/h7-11,13H,5-6,12H2,1-4H3,(H,18,19)/b10-8+. The van der Waals surface area contributed by atoms with E-state index in [1.807, 2.05) is 39.0 Å². The van der Waals surface area contributed by atoms with Gasteiger partial charge in [-0.1, -0.05) is 6.07 Å². The number of amides is 1. The molecule has 0 heterocycles. The summed E-state index contributed by atoms with van der Waals surface area (Å²) >= 11 is 0. The molecule has 1 amide bonds. The van der Waals surface area contributed by atoms with Gasteiger partial charge in [-0.15, -0.1) is 0 Å². The van der Waals surface area contributed by atoms with Gasteiger partial charge in [0, 0.05) is 19.2 Å². The topological polar surface area (TPSA) is 56.8 Å². The molecule has 0 spiro atoms. The van der Waals surface area contributed by atoms with Crippen LogP contribution in [-0.4, -0.2) is 38.9 Å². The number of carbonyl (C=O) groups excluding carboxylic acids is 1. The van der Waals surface area contributed by atoms with Crippen molar-refractivity contribution in [2.75, 3.05) is 26.9 Å². The summed E-state index contributed by atoms with van der Waals surface area (Å²) in [4.78, 5) is 11.8. The molecule has 0 saturated heterocycles. The van der Waals surface area contributed by atoms with Crippen molar-refractivity contribution in [3.05, 3.63) is 29.8 Å². The van der Waals surface area contributed by atoms with Crippen molar-refractivity contribution >= 4 is 12.0 Å². The van der Waals surface area contributed by atoms with Crippen LogP contribution in [0.1, 0.15) is 26.3 Å². The molecule has 0 saturated carbocycles. The minimum Gasteiger partial charge on any atom is -0.490 e. The van der Waals surface area contributed by atoms with Crippen LogP contribution in [-0.2, 0) is 9.53 Å². The van der Waals surface area contributed by atoms with Crippen molar-refractivity contribution in [1.82, 2.24) is 5.32 Å². The first-order valence-corrected chi connectivity index (χ1v) is 7.47. The zero-order valence-electron chi connectivity index (χ0n) is 13.7. The number of methoxy groups -OCH3 is 1. The molecule has 5 heteroatoms. The third-order valence-corrected chi connectivity index (χ3v) is 2.80. The average Bonchev–Trinajstić information content (AvgIpc) is 2.48. The highest BCUT2D eigenvalue weighted by Gasteiger charge is 2.06. The van der Waals surface area contributed by atoms with Gasteiger partial charge in [0.1, 0.15) is 0 Å². The lowest BCUT2D eigenvalue weighted by Gasteiger charge is -2.12. The van der Waals surface area contributed by atoms with Crippen molar-refractivity contribution in [1.29, 1.82) is 0 Å². The van der Waals surface area contributed by atoms with E-state index < -0.39 is 0 Å². The zero-order valence-corrected chi connectivity index (χ0v) is 13.7. The van der Waals surface area contributed by atoms with Crippen LogP contribution in [0, 0.1) is 0 Å². The molecule has 0 radical (unpaired) electrons. The molecule has 22 heavy (non-hydrogen) atoms. The van der Waals surface area contributed by atoms with Crippen molar-refractivity contribution < 1.29 is 19.0 Å². The highest BCUT2D eigenvalue weighted by atomic mass is 16.5. The second-order valence-electron chi connectivity index (χ2n) is 4.77. The highest BCUT2D eigenvalue weighted by Crippen LogP contribution is 2.28. The Morgan fingerprint density at radius 2 is 1.91 bits per heavy atom. The molecule has 1 atom stereocenters. The molecule has 0 aromatic heterocycles. The molecule has 5 nitrogen and oxygen atoms in total. The van der Waals surface area contributed by atoms with Gasteiger partial charge in [0.15, 0.2) is 11.5 Å². The summed E-state index contributed by atoms with van der Waals surface area (Å²) in [6.07, 6.45) is 3.24. The maximum Gasteiger partial charge on any atom is 0.244 e. The first kappa shape index (κ1) is 18.0. The second-order valence-corrected chi connectivity index (χ2v) is 4.77. The van der Waals surface area contributed by atoms with Crippen molar-refractivity contribution in [3.63, 3.8) is 0 Å². The minimum absolute atomic E-state index is 0.0264. The van der Waals surface area contributed by atoms with Crippen molar-refractivity contribution in [3.8, 4) is 11.5 Å². The Morgan fingerprint density at radius 1 is 1.23 bits per heavy atom. The third-order valence-electron chi connectivity index (χ3n) is 2.80. The van der Waals surface area contributed by atoms with Crippen LogP contribution in [0.2, 0.25) is 0 Å². The molecule has 1 unspecified atom stereocenters. The lowest BCUT2D eigenvalue weighted by molar-refractivity contribution is -0.117. The molecule has 0 bridgehead atoms. The molecular weight excluding hydrogens is 282 g/mol. The van der Waals surface area contributed by atoms with E-state index in [9.17, 15) is 4.79 Å². The molecule has 122 valence electrons. The van der Waals surface area contributed by atoms with Gasteiger partial charge in [-0.05, 0) is 44.5 Å². The summed E-state index contributed by atoms with van der Waals surface area (Å²) in [6, 6.07) is 5.56. The molecule has 1 rings (SSSR count). The zero-order chi connectivity index (χ0) is 16.4. The molecule has 1 N–H and O–H groups in total. The fourth-order valence-corrected chi connectivity index (χ4v) is 1.93. The van der Waals surface area contributed by atoms with E-state index in [1.54, 1.807) is 13.2 Å². The van der Waals surface area contributed by atoms with E-state index in [2.05, 4.69) is 5.32 Å². The quantitative estimate of drug-likeness (QED) is 0.713. The first-order valence-electron chi connectivity index (χ1n) is 7.47. The molecule has 0 fully saturated rings. The summed E-state index contributed by atoms with van der Waals surface area (Å²) in [5.41, 5.74) is 0.876. The van der Waals surface area contributed by atoms with Gasteiger partial charge >= 0.3 is 0 Å². The SMILES string of the molecule is CCOc1ccc(/C=C/C(=O)NC(C)COC)cc1OCC. The Hall–Kier alpha value is -2.01. The van der Waals surface area contributed by atoms with Crippen LogP contribution in [0.4, 0.5) is 0 Å². The minimum atomic E-state index is -0.156. The van der Waals surface area contributed by atoms with E-state index in [0.717, 1.165) is 5.56 Å². The Balaban J connectivity index is 2.73. The average molecular weight is 307 g/mol. The van der Waals surface area contributed by atoms with E-state index >= 15 is 0 Å². The van der Waals surface area contributed by atoms with E-state index in [-0.39, 0.29) is 11.9 Å². The van der Waals surface area contributed by atoms with E-state index in [0.29, 0.717) is 31.3 Å². The second kappa shape index (κ2) is 9.84. The van der Waals surface area contributed by atoms with E-state index in [1.165, 1.54) is 6.08 Å². The number of hydrogen-bond donors (Lipinski definition) is 1. The maximum absolute atomic E-state index is 11.8. The Labute approximate surface area is 132 Å². The maximum atomic E-state index is 11.8. The number of nitrogens with one attached hydrogen (secondary N) is 1. The summed E-state index contributed by atoms with van der Waals surface area (Å²) in [6.45, 7) is 7.35. The van der Waals surface area contributed by atoms with Crippen LogP contribution in [0.25, 0.3) is 6.08 Å². The van der Waals surface area contributed by atoms with Crippen molar-refractivity contribution in [2.24, 2.45) is 0 Å². The largest absolute Gasteiger partial charge is 0.490 e. The summed E-state index contributed by atoms with van der Waals surface area (Å²) < 4.78 is 16.0. The molecule has 0 aliphatic rings. The molecule has 0 aliphatic heterocycles. The van der Waals surface area contributed by atoms with Gasteiger partial charge in [0.2, 0.25) is 5.91 Å². The van der Waals surface area contributed by atoms with Crippen LogP contribution in [0.15, 0.2) is 24.3 Å². The Kier molecular flexibility index (Phi) is 8.07. The van der Waals surface area contributed by atoms with Gasteiger partial charge in [-0.3, -0.25) is 4.79 Å². The normalized spacial score (nSPS) is 12.2. The number of hydrogen-bond acceptors (Lipinski definition) is 4. The molecule has 1 aromatic carbocycles. The lowest BCUT2D eigenvalue weighted by Crippen LogP contribution is -2.34. The number of carbonyl (C=O) groups is 1. The predicted octanol–water partition coefficient (Wildman–Crippen LogP) is 2.65. The molecule has 0 aliphatic carbocycles. The lowest BCUT2D eigenvalue weighted by atomic mass is 10.2. The monoisotopic (exact) mass is 307 g/mol. The first-order chi connectivity index (χ1) is 10.6. The Bertz CT molecular complexity index is 499.